The van der Waals surface area contributed by atoms with E-state index in [1.54, 1.807) is 0 Å². The van der Waals surface area contributed by atoms with Crippen LogP contribution in [0.5, 0.6) is 5.75 Å². The number of fused-ring (bicyclic) bond motifs is 1. The summed E-state index contributed by atoms with van der Waals surface area (Å²) in [6.45, 7) is 4.99. The Morgan fingerprint density at radius 1 is 1.50 bits per heavy atom. The minimum atomic E-state index is 0.0502. The third kappa shape index (κ3) is 1.35. The second-order valence-electron chi connectivity index (χ2n) is 4.17. The molecule has 3 heteroatoms. The number of rotatable bonds is 1. The van der Waals surface area contributed by atoms with E-state index in [4.69, 9.17) is 9.94 Å². The van der Waals surface area contributed by atoms with Gasteiger partial charge in [0.05, 0.1) is 12.8 Å². The summed E-state index contributed by atoms with van der Waals surface area (Å²) in [5.41, 5.74) is 2.12. The molecule has 0 atom stereocenters. The highest BCUT2D eigenvalue weighted by atomic mass is 16.5. The van der Waals surface area contributed by atoms with E-state index in [2.05, 4.69) is 19.0 Å². The van der Waals surface area contributed by atoms with Gasteiger partial charge in [0.25, 0.3) is 0 Å². The molecule has 0 amide bonds. The quantitative estimate of drug-likeness (QED) is 0.420. The first-order valence-corrected chi connectivity index (χ1v) is 4.58. The molecular formula is C11H13NO2. The molecule has 1 N–H and O–H groups in total. The van der Waals surface area contributed by atoms with Crippen molar-refractivity contribution in [3.05, 3.63) is 29.3 Å². The van der Waals surface area contributed by atoms with E-state index < -0.39 is 0 Å². The summed E-state index contributed by atoms with van der Waals surface area (Å²) in [4.78, 5) is 0. The predicted octanol–water partition coefficient (Wildman–Crippen LogP) is 2.16. The Balaban J connectivity index is 2.48. The lowest BCUT2D eigenvalue weighted by Crippen LogP contribution is -2.18. The fraction of sp³-hybridized carbons (Fsp3) is 0.364. The molecule has 14 heavy (non-hydrogen) atoms. The summed E-state index contributed by atoms with van der Waals surface area (Å²) in [5, 5.41) is 11.4. The molecule has 0 radical (unpaired) electrons. The average molecular weight is 191 g/mol. The second-order valence-corrected chi connectivity index (χ2v) is 4.17. The summed E-state index contributed by atoms with van der Waals surface area (Å²) >= 11 is 0. The third-order valence-electron chi connectivity index (χ3n) is 2.53. The normalized spacial score (nSPS) is 18.1. The van der Waals surface area contributed by atoms with E-state index in [1.165, 1.54) is 11.8 Å². The molecule has 3 nitrogen and oxygen atoms in total. The van der Waals surface area contributed by atoms with Crippen LogP contribution in [0.3, 0.4) is 0 Å². The van der Waals surface area contributed by atoms with Gasteiger partial charge in [0, 0.05) is 11.0 Å². The Bertz CT molecular complexity index is 383. The Morgan fingerprint density at radius 2 is 2.29 bits per heavy atom. The van der Waals surface area contributed by atoms with Crippen LogP contribution in [0.15, 0.2) is 23.4 Å². The van der Waals surface area contributed by atoms with Crippen LogP contribution >= 0.6 is 0 Å². The number of nitrogens with zero attached hydrogens (tertiary/aromatic N) is 1. The molecular weight excluding hydrogens is 178 g/mol. The van der Waals surface area contributed by atoms with Crippen LogP contribution in [-0.2, 0) is 5.41 Å². The van der Waals surface area contributed by atoms with Crippen molar-refractivity contribution in [3.8, 4) is 5.75 Å². The fourth-order valence-electron chi connectivity index (χ4n) is 1.69. The van der Waals surface area contributed by atoms with Gasteiger partial charge in [-0.05, 0) is 23.8 Å². The van der Waals surface area contributed by atoms with E-state index in [1.807, 2.05) is 18.2 Å². The maximum atomic E-state index is 8.44. The number of hydrogen-bond acceptors (Lipinski definition) is 3. The van der Waals surface area contributed by atoms with Gasteiger partial charge in [-0.3, -0.25) is 0 Å². The molecule has 0 spiro atoms. The van der Waals surface area contributed by atoms with E-state index in [9.17, 15) is 0 Å². The molecule has 0 saturated heterocycles. The zero-order valence-corrected chi connectivity index (χ0v) is 8.32. The topological polar surface area (TPSA) is 41.8 Å². The highest BCUT2D eigenvalue weighted by Gasteiger charge is 2.31. The van der Waals surface area contributed by atoms with Gasteiger partial charge >= 0.3 is 0 Å². The smallest absolute Gasteiger partial charge is 0.123 e. The van der Waals surface area contributed by atoms with E-state index in [0.29, 0.717) is 6.61 Å². The standard InChI is InChI=1S/C11H13NO2/c1-11(2)7-14-10-4-3-8(6-12-13)5-9(10)11/h3-6,13H,7H2,1-2H3. The van der Waals surface area contributed by atoms with Gasteiger partial charge in [0.2, 0.25) is 0 Å². The molecule has 2 rings (SSSR count). The van der Waals surface area contributed by atoms with Crippen LogP contribution in [0.2, 0.25) is 0 Å². The Labute approximate surface area is 83.0 Å². The van der Waals surface area contributed by atoms with Crippen molar-refractivity contribution in [2.45, 2.75) is 19.3 Å². The van der Waals surface area contributed by atoms with Crippen LogP contribution in [0, 0.1) is 0 Å². The average Bonchev–Trinajstić information content (AvgIpc) is 2.44. The van der Waals surface area contributed by atoms with Gasteiger partial charge in [-0.1, -0.05) is 19.0 Å². The summed E-state index contributed by atoms with van der Waals surface area (Å²) in [5.74, 6) is 0.935. The summed E-state index contributed by atoms with van der Waals surface area (Å²) in [6.07, 6.45) is 1.43. The minimum Gasteiger partial charge on any atom is -0.492 e. The van der Waals surface area contributed by atoms with Crippen molar-refractivity contribution in [3.63, 3.8) is 0 Å². The van der Waals surface area contributed by atoms with Gasteiger partial charge in [-0.15, -0.1) is 0 Å². The lowest BCUT2D eigenvalue weighted by Gasteiger charge is -2.15. The lowest BCUT2D eigenvalue weighted by molar-refractivity contribution is 0.291. The molecule has 74 valence electrons. The van der Waals surface area contributed by atoms with Crippen LogP contribution < -0.4 is 4.74 Å². The first-order valence-electron chi connectivity index (χ1n) is 4.58. The van der Waals surface area contributed by atoms with Crippen molar-refractivity contribution < 1.29 is 9.94 Å². The maximum absolute atomic E-state index is 8.44. The maximum Gasteiger partial charge on any atom is 0.123 e. The first-order chi connectivity index (χ1) is 6.63. The lowest BCUT2D eigenvalue weighted by atomic mass is 9.86. The molecule has 1 aliphatic heterocycles. The zero-order chi connectivity index (χ0) is 10.2. The molecule has 0 aromatic heterocycles. The van der Waals surface area contributed by atoms with E-state index in [-0.39, 0.29) is 5.41 Å². The SMILES string of the molecule is CC1(C)COc2ccc(C=NO)cc21. The summed E-state index contributed by atoms with van der Waals surface area (Å²) in [7, 11) is 0. The zero-order valence-electron chi connectivity index (χ0n) is 8.32. The molecule has 0 bridgehead atoms. The Morgan fingerprint density at radius 3 is 3.00 bits per heavy atom. The van der Waals surface area contributed by atoms with Crippen molar-refractivity contribution >= 4 is 6.21 Å². The van der Waals surface area contributed by atoms with Gasteiger partial charge in [0.1, 0.15) is 5.75 Å². The van der Waals surface area contributed by atoms with Crippen molar-refractivity contribution in [1.29, 1.82) is 0 Å². The first kappa shape index (κ1) is 9.06. The van der Waals surface area contributed by atoms with E-state index >= 15 is 0 Å². The Kier molecular flexibility index (Phi) is 1.95. The number of hydrogen-bond donors (Lipinski definition) is 1. The number of oxime groups is 1. The number of benzene rings is 1. The highest BCUT2D eigenvalue weighted by Crippen LogP contribution is 2.38. The molecule has 1 heterocycles. The van der Waals surface area contributed by atoms with Crippen LogP contribution in [-0.4, -0.2) is 18.0 Å². The second kappa shape index (κ2) is 3.01. The van der Waals surface area contributed by atoms with Crippen LogP contribution in [0.1, 0.15) is 25.0 Å². The van der Waals surface area contributed by atoms with Gasteiger partial charge < -0.3 is 9.94 Å². The van der Waals surface area contributed by atoms with Crippen molar-refractivity contribution in [1.82, 2.24) is 0 Å². The fourth-order valence-corrected chi connectivity index (χ4v) is 1.69. The summed E-state index contributed by atoms with van der Waals surface area (Å²) < 4.78 is 5.54. The molecule has 0 unspecified atom stereocenters. The number of ether oxygens (including phenoxy) is 1. The molecule has 1 aromatic rings. The third-order valence-corrected chi connectivity index (χ3v) is 2.53. The molecule has 0 fully saturated rings. The van der Waals surface area contributed by atoms with Gasteiger partial charge in [-0.25, -0.2) is 0 Å². The van der Waals surface area contributed by atoms with Crippen molar-refractivity contribution in [2.24, 2.45) is 5.16 Å². The van der Waals surface area contributed by atoms with Crippen LogP contribution in [0.4, 0.5) is 0 Å². The van der Waals surface area contributed by atoms with E-state index in [0.717, 1.165) is 11.3 Å². The minimum absolute atomic E-state index is 0.0502. The molecule has 0 aliphatic carbocycles. The van der Waals surface area contributed by atoms with Gasteiger partial charge in [0.15, 0.2) is 0 Å². The monoisotopic (exact) mass is 191 g/mol. The molecule has 0 saturated carbocycles. The molecule has 1 aromatic carbocycles. The van der Waals surface area contributed by atoms with Crippen molar-refractivity contribution in [2.75, 3.05) is 6.61 Å². The Hall–Kier alpha value is -1.51. The van der Waals surface area contributed by atoms with Gasteiger partial charge in [-0.2, -0.15) is 0 Å². The van der Waals surface area contributed by atoms with Crippen LogP contribution in [0.25, 0.3) is 0 Å². The molecule has 1 aliphatic rings. The largest absolute Gasteiger partial charge is 0.492 e. The highest BCUT2D eigenvalue weighted by molar-refractivity contribution is 5.80. The summed E-state index contributed by atoms with van der Waals surface area (Å²) in [6, 6.07) is 5.79. The predicted molar refractivity (Wildman–Crippen MR) is 54.3 cm³/mol.